The molecule has 1 unspecified atom stereocenters. The average Bonchev–Trinajstić information content (AvgIpc) is 2.32. The number of rotatable bonds is 5. The number of nitrogens with zero attached hydrogens (tertiary/aromatic N) is 1. The van der Waals surface area contributed by atoms with Crippen molar-refractivity contribution in [2.24, 2.45) is 5.41 Å². The summed E-state index contributed by atoms with van der Waals surface area (Å²) in [6.07, 6.45) is -1.60. The number of aromatic nitrogens is 1. The van der Waals surface area contributed by atoms with Gasteiger partial charge in [0.1, 0.15) is 0 Å². The first-order chi connectivity index (χ1) is 9.14. The van der Waals surface area contributed by atoms with Gasteiger partial charge in [-0.3, -0.25) is 4.98 Å². The van der Waals surface area contributed by atoms with Crippen LogP contribution in [-0.2, 0) is 12.6 Å². The fourth-order valence-electron chi connectivity index (χ4n) is 1.98. The molecule has 5 heteroatoms. The van der Waals surface area contributed by atoms with E-state index in [0.717, 1.165) is 25.1 Å². The van der Waals surface area contributed by atoms with Gasteiger partial charge in [-0.15, -0.1) is 0 Å². The Bertz CT molecular complexity index is 422. The molecule has 2 nitrogen and oxygen atoms in total. The lowest BCUT2D eigenvalue weighted by atomic mass is 9.83. The van der Waals surface area contributed by atoms with Gasteiger partial charge in [-0.1, -0.05) is 27.7 Å². The average molecular weight is 288 g/mol. The molecular formula is C15H23F3N2. The molecule has 0 aliphatic carbocycles. The summed E-state index contributed by atoms with van der Waals surface area (Å²) < 4.78 is 38.1. The molecular weight excluding hydrogens is 265 g/mol. The summed E-state index contributed by atoms with van der Waals surface area (Å²) in [5, 5.41) is 3.39. The van der Waals surface area contributed by atoms with E-state index in [1.54, 1.807) is 0 Å². The number of hydrogen-bond acceptors (Lipinski definition) is 2. The first-order valence-corrected chi connectivity index (χ1v) is 6.90. The van der Waals surface area contributed by atoms with Crippen LogP contribution in [0.15, 0.2) is 18.3 Å². The van der Waals surface area contributed by atoms with Gasteiger partial charge < -0.3 is 5.32 Å². The van der Waals surface area contributed by atoms with Crippen molar-refractivity contribution in [3.63, 3.8) is 0 Å². The standard InChI is InChI=1S/C15H23F3N2/c1-5-7-20-13(14(2,3)4)10-12-9-11(6-8-19-12)15(16,17)18/h6,8-9,13,20H,5,7,10H2,1-4H3. The SMILES string of the molecule is CCCNC(Cc1cc(C(F)(F)F)ccn1)C(C)(C)C. The Kier molecular flexibility index (Phi) is 5.57. The van der Waals surface area contributed by atoms with Crippen LogP contribution in [-0.4, -0.2) is 17.6 Å². The van der Waals surface area contributed by atoms with Crippen LogP contribution in [0.1, 0.15) is 45.4 Å². The monoisotopic (exact) mass is 288 g/mol. The Labute approximate surface area is 118 Å². The second kappa shape index (κ2) is 6.57. The lowest BCUT2D eigenvalue weighted by molar-refractivity contribution is -0.137. The minimum atomic E-state index is -4.31. The molecule has 1 N–H and O–H groups in total. The lowest BCUT2D eigenvalue weighted by Gasteiger charge is -2.31. The minimum Gasteiger partial charge on any atom is -0.313 e. The van der Waals surface area contributed by atoms with E-state index in [9.17, 15) is 13.2 Å². The van der Waals surface area contributed by atoms with Crippen LogP contribution in [0.5, 0.6) is 0 Å². The largest absolute Gasteiger partial charge is 0.416 e. The fourth-order valence-corrected chi connectivity index (χ4v) is 1.98. The number of alkyl halides is 3. The molecule has 0 amide bonds. The number of halogens is 3. The van der Waals surface area contributed by atoms with Crippen LogP contribution < -0.4 is 5.32 Å². The maximum atomic E-state index is 12.7. The van der Waals surface area contributed by atoms with E-state index in [4.69, 9.17) is 0 Å². The van der Waals surface area contributed by atoms with Gasteiger partial charge >= 0.3 is 6.18 Å². The Hall–Kier alpha value is -1.10. The van der Waals surface area contributed by atoms with Crippen LogP contribution in [0.4, 0.5) is 13.2 Å². The number of pyridine rings is 1. The van der Waals surface area contributed by atoms with Crippen molar-refractivity contribution in [1.82, 2.24) is 10.3 Å². The van der Waals surface area contributed by atoms with E-state index in [1.807, 2.05) is 0 Å². The van der Waals surface area contributed by atoms with Crippen LogP contribution in [0.25, 0.3) is 0 Å². The molecule has 1 heterocycles. The van der Waals surface area contributed by atoms with E-state index >= 15 is 0 Å². The second-order valence-electron chi connectivity index (χ2n) is 6.11. The molecule has 114 valence electrons. The van der Waals surface area contributed by atoms with Gasteiger partial charge in [-0.05, 0) is 30.5 Å². The zero-order valence-corrected chi connectivity index (χ0v) is 12.5. The van der Waals surface area contributed by atoms with Crippen molar-refractivity contribution in [1.29, 1.82) is 0 Å². The van der Waals surface area contributed by atoms with E-state index in [1.165, 1.54) is 6.20 Å². The molecule has 0 aliphatic heterocycles. The predicted molar refractivity (Wildman–Crippen MR) is 74.5 cm³/mol. The molecule has 0 saturated carbocycles. The van der Waals surface area contributed by atoms with E-state index in [0.29, 0.717) is 12.1 Å². The maximum Gasteiger partial charge on any atom is 0.416 e. The zero-order valence-electron chi connectivity index (χ0n) is 12.5. The summed E-state index contributed by atoms with van der Waals surface area (Å²) in [4.78, 5) is 4.07. The summed E-state index contributed by atoms with van der Waals surface area (Å²) in [5.74, 6) is 0. The number of nitrogens with one attached hydrogen (secondary N) is 1. The number of hydrogen-bond donors (Lipinski definition) is 1. The van der Waals surface area contributed by atoms with Crippen molar-refractivity contribution in [3.8, 4) is 0 Å². The normalized spacial score (nSPS) is 14.3. The van der Waals surface area contributed by atoms with Gasteiger partial charge in [0.25, 0.3) is 0 Å². The van der Waals surface area contributed by atoms with Crippen molar-refractivity contribution < 1.29 is 13.2 Å². The highest BCUT2D eigenvalue weighted by Crippen LogP contribution is 2.30. The van der Waals surface area contributed by atoms with Gasteiger partial charge in [0.05, 0.1) is 5.56 Å². The molecule has 1 aromatic rings. The molecule has 0 fully saturated rings. The minimum absolute atomic E-state index is 0.0366. The highest BCUT2D eigenvalue weighted by molar-refractivity contribution is 5.20. The maximum absolute atomic E-state index is 12.7. The molecule has 0 aliphatic rings. The van der Waals surface area contributed by atoms with Crippen molar-refractivity contribution >= 4 is 0 Å². The smallest absolute Gasteiger partial charge is 0.313 e. The molecule has 1 rings (SSSR count). The topological polar surface area (TPSA) is 24.9 Å². The van der Waals surface area contributed by atoms with Crippen LogP contribution in [0.2, 0.25) is 0 Å². The summed E-state index contributed by atoms with van der Waals surface area (Å²) in [6, 6.07) is 2.25. The van der Waals surface area contributed by atoms with E-state index < -0.39 is 11.7 Å². The summed E-state index contributed by atoms with van der Waals surface area (Å²) >= 11 is 0. The van der Waals surface area contributed by atoms with Gasteiger partial charge in [-0.2, -0.15) is 13.2 Å². The van der Waals surface area contributed by atoms with E-state index in [2.05, 4.69) is 38.0 Å². The summed E-state index contributed by atoms with van der Waals surface area (Å²) in [5.41, 5.74) is -0.195. The zero-order chi connectivity index (χ0) is 15.4. The van der Waals surface area contributed by atoms with Gasteiger partial charge in [0, 0.05) is 24.4 Å². The van der Waals surface area contributed by atoms with Crippen LogP contribution in [0.3, 0.4) is 0 Å². The Balaban J connectivity index is 2.88. The first-order valence-electron chi connectivity index (χ1n) is 6.90. The van der Waals surface area contributed by atoms with Crippen LogP contribution in [0, 0.1) is 5.41 Å². The Morgan fingerprint density at radius 2 is 1.90 bits per heavy atom. The van der Waals surface area contributed by atoms with Crippen molar-refractivity contribution in [2.45, 2.75) is 52.8 Å². The highest BCUT2D eigenvalue weighted by atomic mass is 19.4. The van der Waals surface area contributed by atoms with E-state index in [-0.39, 0.29) is 11.5 Å². The summed E-state index contributed by atoms with van der Waals surface area (Å²) in [6.45, 7) is 9.14. The fraction of sp³-hybridized carbons (Fsp3) is 0.667. The third-order valence-corrected chi connectivity index (χ3v) is 3.24. The molecule has 20 heavy (non-hydrogen) atoms. The Morgan fingerprint density at radius 3 is 2.40 bits per heavy atom. The third-order valence-electron chi connectivity index (χ3n) is 3.24. The van der Waals surface area contributed by atoms with Gasteiger partial charge in [0.15, 0.2) is 0 Å². The predicted octanol–water partition coefficient (Wildman–Crippen LogP) is 4.06. The third kappa shape index (κ3) is 5.12. The highest BCUT2D eigenvalue weighted by Gasteiger charge is 2.31. The molecule has 1 aromatic heterocycles. The molecule has 0 spiro atoms. The quantitative estimate of drug-likeness (QED) is 0.884. The Morgan fingerprint density at radius 1 is 1.25 bits per heavy atom. The van der Waals surface area contributed by atoms with Crippen LogP contribution >= 0.6 is 0 Å². The molecule has 1 atom stereocenters. The van der Waals surface area contributed by atoms with Crippen molar-refractivity contribution in [2.75, 3.05) is 6.54 Å². The second-order valence-corrected chi connectivity index (χ2v) is 6.11. The molecule has 0 bridgehead atoms. The van der Waals surface area contributed by atoms with Crippen molar-refractivity contribution in [3.05, 3.63) is 29.6 Å². The van der Waals surface area contributed by atoms with Gasteiger partial charge in [-0.25, -0.2) is 0 Å². The molecule has 0 saturated heterocycles. The lowest BCUT2D eigenvalue weighted by Crippen LogP contribution is -2.42. The molecule has 0 aromatic carbocycles. The molecule has 0 radical (unpaired) electrons. The van der Waals surface area contributed by atoms with Gasteiger partial charge in [0.2, 0.25) is 0 Å². The first kappa shape index (κ1) is 17.0. The summed E-state index contributed by atoms with van der Waals surface area (Å²) in [7, 11) is 0.